The molecule has 0 unspecified atom stereocenters. The van der Waals surface area contributed by atoms with E-state index >= 15 is 0 Å². The minimum atomic E-state index is -4.65. The number of amides is 1. The summed E-state index contributed by atoms with van der Waals surface area (Å²) in [5, 5.41) is 2.64. The standard InChI is InChI=1S/C14H17F3N2O2/c1-13(2)8-9(5-7-21-13)19-12(20)10-4-3-6-18-11(10)14(15,16)17/h3-4,6,9H,5,7-8H2,1-2H3,(H,19,20)/t9-/m1/s1. The van der Waals surface area contributed by atoms with Gasteiger partial charge in [0.2, 0.25) is 0 Å². The fraction of sp³-hybridized carbons (Fsp3) is 0.571. The van der Waals surface area contributed by atoms with Crippen molar-refractivity contribution in [1.82, 2.24) is 10.3 Å². The first kappa shape index (κ1) is 15.8. The second-order valence-corrected chi connectivity index (χ2v) is 5.67. The summed E-state index contributed by atoms with van der Waals surface area (Å²) >= 11 is 0. The van der Waals surface area contributed by atoms with E-state index in [0.717, 1.165) is 12.3 Å². The highest BCUT2D eigenvalue weighted by molar-refractivity contribution is 5.95. The zero-order valence-electron chi connectivity index (χ0n) is 11.8. The van der Waals surface area contributed by atoms with Gasteiger partial charge in [0.25, 0.3) is 5.91 Å². The molecule has 1 saturated heterocycles. The summed E-state index contributed by atoms with van der Waals surface area (Å²) in [4.78, 5) is 15.4. The largest absolute Gasteiger partial charge is 0.434 e. The van der Waals surface area contributed by atoms with Crippen molar-refractivity contribution in [3.8, 4) is 0 Å². The maximum Gasteiger partial charge on any atom is 0.434 e. The fourth-order valence-electron chi connectivity index (χ4n) is 2.43. The quantitative estimate of drug-likeness (QED) is 0.914. The van der Waals surface area contributed by atoms with Gasteiger partial charge in [-0.2, -0.15) is 13.2 Å². The number of nitrogens with zero attached hydrogens (tertiary/aromatic N) is 1. The van der Waals surface area contributed by atoms with Gasteiger partial charge in [-0.05, 0) is 38.8 Å². The second-order valence-electron chi connectivity index (χ2n) is 5.67. The molecule has 0 saturated carbocycles. The topological polar surface area (TPSA) is 51.2 Å². The number of aromatic nitrogens is 1. The lowest BCUT2D eigenvalue weighted by Crippen LogP contribution is -2.46. The Hall–Kier alpha value is -1.63. The highest BCUT2D eigenvalue weighted by Gasteiger charge is 2.38. The minimum absolute atomic E-state index is 0.206. The first-order chi connectivity index (χ1) is 9.69. The predicted octanol–water partition coefficient (Wildman–Crippen LogP) is 2.79. The number of alkyl halides is 3. The van der Waals surface area contributed by atoms with Crippen LogP contribution in [-0.4, -0.2) is 29.1 Å². The lowest BCUT2D eigenvalue weighted by atomic mass is 9.93. The van der Waals surface area contributed by atoms with Gasteiger partial charge in [0.05, 0.1) is 11.2 Å². The first-order valence-electron chi connectivity index (χ1n) is 6.66. The van der Waals surface area contributed by atoms with E-state index in [9.17, 15) is 18.0 Å². The Bertz CT molecular complexity index is 529. The molecule has 0 aliphatic carbocycles. The molecule has 0 aromatic carbocycles. The van der Waals surface area contributed by atoms with Gasteiger partial charge >= 0.3 is 6.18 Å². The van der Waals surface area contributed by atoms with Crippen molar-refractivity contribution < 1.29 is 22.7 Å². The van der Waals surface area contributed by atoms with Crippen molar-refractivity contribution in [2.24, 2.45) is 0 Å². The third-order valence-electron chi connectivity index (χ3n) is 3.35. The number of ether oxygens (including phenoxy) is 1. The third-order valence-corrected chi connectivity index (χ3v) is 3.35. The number of hydrogen-bond acceptors (Lipinski definition) is 3. The van der Waals surface area contributed by atoms with E-state index in [1.807, 2.05) is 13.8 Å². The van der Waals surface area contributed by atoms with Gasteiger partial charge < -0.3 is 10.1 Å². The van der Waals surface area contributed by atoms with Crippen molar-refractivity contribution in [3.63, 3.8) is 0 Å². The molecule has 2 rings (SSSR count). The summed E-state index contributed by atoms with van der Waals surface area (Å²) in [6.45, 7) is 4.24. The summed E-state index contributed by atoms with van der Waals surface area (Å²) < 4.78 is 44.1. The van der Waals surface area contributed by atoms with Crippen LogP contribution in [-0.2, 0) is 10.9 Å². The lowest BCUT2D eigenvalue weighted by Gasteiger charge is -2.35. The number of nitrogens with one attached hydrogen (secondary N) is 1. The molecular weight excluding hydrogens is 285 g/mol. The van der Waals surface area contributed by atoms with Crippen molar-refractivity contribution in [2.45, 2.75) is 44.5 Å². The molecule has 1 aromatic heterocycles. The molecule has 21 heavy (non-hydrogen) atoms. The van der Waals surface area contributed by atoms with Gasteiger partial charge in [0.15, 0.2) is 5.69 Å². The zero-order valence-corrected chi connectivity index (χ0v) is 11.8. The highest BCUT2D eigenvalue weighted by Crippen LogP contribution is 2.30. The Morgan fingerprint density at radius 2 is 2.19 bits per heavy atom. The summed E-state index contributed by atoms with van der Waals surface area (Å²) in [6.07, 6.45) is -2.49. The van der Waals surface area contributed by atoms with E-state index in [1.165, 1.54) is 6.07 Å². The van der Waals surface area contributed by atoms with Crippen LogP contribution in [0.25, 0.3) is 0 Å². The Balaban J connectivity index is 2.14. The summed E-state index contributed by atoms with van der Waals surface area (Å²) in [5.41, 5.74) is -2.00. The average molecular weight is 302 g/mol. The number of carbonyl (C=O) groups excluding carboxylic acids is 1. The molecule has 0 bridgehead atoms. The number of rotatable bonds is 2. The molecule has 1 fully saturated rings. The van der Waals surface area contributed by atoms with Crippen molar-refractivity contribution >= 4 is 5.91 Å². The van der Waals surface area contributed by atoms with Gasteiger partial charge in [-0.25, -0.2) is 0 Å². The Labute approximate surface area is 120 Å². The predicted molar refractivity (Wildman–Crippen MR) is 69.8 cm³/mol. The second kappa shape index (κ2) is 5.63. The van der Waals surface area contributed by atoms with E-state index in [2.05, 4.69) is 10.3 Å². The van der Waals surface area contributed by atoms with Crippen LogP contribution in [0.1, 0.15) is 42.7 Å². The van der Waals surface area contributed by atoms with Crippen LogP contribution < -0.4 is 5.32 Å². The SMILES string of the molecule is CC1(C)C[C@H](NC(=O)c2cccnc2C(F)(F)F)CCO1. The Kier molecular flexibility index (Phi) is 4.22. The molecular formula is C14H17F3N2O2. The number of carbonyl (C=O) groups is 1. The molecule has 1 atom stereocenters. The molecule has 1 aliphatic heterocycles. The highest BCUT2D eigenvalue weighted by atomic mass is 19.4. The van der Waals surface area contributed by atoms with Gasteiger partial charge in [0, 0.05) is 18.8 Å². The number of hydrogen-bond donors (Lipinski definition) is 1. The lowest BCUT2D eigenvalue weighted by molar-refractivity contribution is -0.141. The summed E-state index contributed by atoms with van der Waals surface area (Å²) in [5.74, 6) is -0.752. The normalized spacial score (nSPS) is 21.9. The molecule has 1 aromatic rings. The Morgan fingerprint density at radius 3 is 2.81 bits per heavy atom. The van der Waals surface area contributed by atoms with Crippen LogP contribution in [0.15, 0.2) is 18.3 Å². The van der Waals surface area contributed by atoms with E-state index in [-0.39, 0.29) is 6.04 Å². The molecule has 2 heterocycles. The van der Waals surface area contributed by atoms with Crippen LogP contribution in [0.2, 0.25) is 0 Å². The van der Waals surface area contributed by atoms with Crippen LogP contribution >= 0.6 is 0 Å². The van der Waals surface area contributed by atoms with Crippen molar-refractivity contribution in [2.75, 3.05) is 6.61 Å². The van der Waals surface area contributed by atoms with Gasteiger partial charge in [0.1, 0.15) is 0 Å². The zero-order chi connectivity index (χ0) is 15.7. The van der Waals surface area contributed by atoms with Crippen molar-refractivity contribution in [1.29, 1.82) is 0 Å². The van der Waals surface area contributed by atoms with Crippen LogP contribution in [0.4, 0.5) is 13.2 Å². The van der Waals surface area contributed by atoms with E-state index in [1.54, 1.807) is 0 Å². The molecule has 1 amide bonds. The maximum atomic E-state index is 12.8. The fourth-order valence-corrected chi connectivity index (χ4v) is 2.43. The van der Waals surface area contributed by atoms with Gasteiger partial charge in [-0.15, -0.1) is 0 Å². The number of halogens is 3. The molecule has 1 N–H and O–H groups in total. The van der Waals surface area contributed by atoms with E-state index in [4.69, 9.17) is 4.74 Å². The van der Waals surface area contributed by atoms with E-state index in [0.29, 0.717) is 19.4 Å². The smallest absolute Gasteiger partial charge is 0.375 e. The van der Waals surface area contributed by atoms with Crippen LogP contribution in [0, 0.1) is 0 Å². The van der Waals surface area contributed by atoms with Crippen LogP contribution in [0.3, 0.4) is 0 Å². The molecule has 4 nitrogen and oxygen atoms in total. The minimum Gasteiger partial charge on any atom is -0.375 e. The Morgan fingerprint density at radius 1 is 1.48 bits per heavy atom. The van der Waals surface area contributed by atoms with Crippen molar-refractivity contribution in [3.05, 3.63) is 29.6 Å². The third kappa shape index (κ3) is 3.93. The maximum absolute atomic E-state index is 12.8. The molecule has 0 radical (unpaired) electrons. The van der Waals surface area contributed by atoms with Gasteiger partial charge in [-0.3, -0.25) is 9.78 Å². The molecule has 7 heteroatoms. The van der Waals surface area contributed by atoms with E-state index < -0.39 is 28.9 Å². The van der Waals surface area contributed by atoms with Crippen LogP contribution in [0.5, 0.6) is 0 Å². The average Bonchev–Trinajstić information content (AvgIpc) is 2.36. The molecule has 0 spiro atoms. The summed E-state index contributed by atoms with van der Waals surface area (Å²) in [7, 11) is 0. The van der Waals surface area contributed by atoms with Gasteiger partial charge in [-0.1, -0.05) is 0 Å². The number of pyridine rings is 1. The molecule has 116 valence electrons. The first-order valence-corrected chi connectivity index (χ1v) is 6.66. The monoisotopic (exact) mass is 302 g/mol. The molecule has 1 aliphatic rings. The summed E-state index contributed by atoms with van der Waals surface area (Å²) in [6, 6.07) is 2.25.